The maximum absolute atomic E-state index is 15.5. The Balaban J connectivity index is 1.65. The van der Waals surface area contributed by atoms with Gasteiger partial charge in [0, 0.05) is 26.9 Å². The molecule has 1 aliphatic carbocycles. The number of halogens is 4. The van der Waals surface area contributed by atoms with Crippen molar-refractivity contribution in [3.8, 4) is 11.1 Å². The van der Waals surface area contributed by atoms with Crippen molar-refractivity contribution in [1.29, 1.82) is 0 Å². The van der Waals surface area contributed by atoms with E-state index in [2.05, 4.69) is 13.8 Å². The van der Waals surface area contributed by atoms with Gasteiger partial charge in [-0.05, 0) is 47.7 Å². The molecular weight excluding hydrogens is 496 g/mol. The minimum absolute atomic E-state index is 0.0413. The van der Waals surface area contributed by atoms with E-state index in [0.29, 0.717) is 27.7 Å². The second-order valence-corrected chi connectivity index (χ2v) is 10.3. The highest BCUT2D eigenvalue weighted by Gasteiger charge is 2.49. The Morgan fingerprint density at radius 2 is 1.91 bits per heavy atom. The first-order valence-electron chi connectivity index (χ1n) is 11.1. The van der Waals surface area contributed by atoms with Crippen molar-refractivity contribution < 1.29 is 9.18 Å². The number of rotatable bonds is 2. The van der Waals surface area contributed by atoms with E-state index < -0.39 is 11.9 Å². The second-order valence-electron chi connectivity index (χ2n) is 9.04. The molecule has 3 aromatic rings. The molecule has 0 saturated heterocycles. The third-order valence-electron chi connectivity index (χ3n) is 6.76. The van der Waals surface area contributed by atoms with Crippen LogP contribution in [0.15, 0.2) is 53.6 Å². The Bertz CT molecular complexity index is 1460. The zero-order chi connectivity index (χ0) is 23.9. The standard InChI is InChI=1S/C26H19Cl3FN3O/c1-12(2)23-20-22(31-33(23)19-6-4-3-5-17(19)28)26(34)32-24(20)14-8-7-13(27)11-16(14)15-9-10-18(29)21(30)25(15)32/h3-5,7-12,19,24H,6H2,1-2H3. The topological polar surface area (TPSA) is 38.1 Å². The molecule has 172 valence electrons. The number of hydrogen-bond acceptors (Lipinski definition) is 2. The lowest BCUT2D eigenvalue weighted by molar-refractivity contribution is 0.0986. The molecule has 0 radical (unpaired) electrons. The minimum atomic E-state index is -0.629. The van der Waals surface area contributed by atoms with Crippen LogP contribution in [0.4, 0.5) is 10.1 Å². The number of carbonyl (C=O) groups excluding carboxylic acids is 1. The molecule has 1 aromatic heterocycles. The van der Waals surface area contributed by atoms with Crippen molar-refractivity contribution in [3.63, 3.8) is 0 Å². The molecule has 6 rings (SSSR count). The minimum Gasteiger partial charge on any atom is -0.292 e. The summed E-state index contributed by atoms with van der Waals surface area (Å²) >= 11 is 19.1. The van der Waals surface area contributed by atoms with Gasteiger partial charge in [0.15, 0.2) is 11.5 Å². The van der Waals surface area contributed by atoms with Crippen molar-refractivity contribution in [3.05, 3.63) is 92.0 Å². The Morgan fingerprint density at radius 3 is 2.65 bits per heavy atom. The number of hydrogen-bond donors (Lipinski definition) is 0. The summed E-state index contributed by atoms with van der Waals surface area (Å²) in [5, 5.41) is 5.94. The average Bonchev–Trinajstić information content (AvgIpc) is 3.32. The molecule has 3 heterocycles. The van der Waals surface area contributed by atoms with Gasteiger partial charge in [0.05, 0.1) is 22.8 Å². The third-order valence-corrected chi connectivity index (χ3v) is 7.66. The first kappa shape index (κ1) is 21.9. The van der Waals surface area contributed by atoms with Gasteiger partial charge in [-0.3, -0.25) is 14.4 Å². The first-order chi connectivity index (χ1) is 16.3. The molecule has 2 aromatic carbocycles. The van der Waals surface area contributed by atoms with Gasteiger partial charge in [-0.15, -0.1) is 0 Å². The molecule has 0 bridgehead atoms. The largest absolute Gasteiger partial charge is 0.292 e. The van der Waals surface area contributed by atoms with E-state index in [1.807, 2.05) is 35.0 Å². The second kappa shape index (κ2) is 7.70. The molecule has 0 spiro atoms. The van der Waals surface area contributed by atoms with Crippen LogP contribution in [-0.2, 0) is 0 Å². The Kier molecular flexibility index (Phi) is 4.96. The van der Waals surface area contributed by atoms with Crippen molar-refractivity contribution >= 4 is 46.4 Å². The molecular formula is C26H19Cl3FN3O. The fourth-order valence-corrected chi connectivity index (χ4v) is 5.97. The molecule has 4 nitrogen and oxygen atoms in total. The van der Waals surface area contributed by atoms with Gasteiger partial charge in [0.2, 0.25) is 0 Å². The number of allylic oxidation sites excluding steroid dienone is 4. The molecule has 0 N–H and O–H groups in total. The normalized spacial score (nSPS) is 20.3. The summed E-state index contributed by atoms with van der Waals surface area (Å²) in [6, 6.07) is 8.02. The van der Waals surface area contributed by atoms with Crippen LogP contribution in [0.1, 0.15) is 65.6 Å². The summed E-state index contributed by atoms with van der Waals surface area (Å²) in [4.78, 5) is 15.3. The highest BCUT2D eigenvalue weighted by Crippen LogP contribution is 2.55. The van der Waals surface area contributed by atoms with E-state index in [-0.39, 0.29) is 28.6 Å². The monoisotopic (exact) mass is 513 g/mol. The number of carbonyl (C=O) groups is 1. The zero-order valence-corrected chi connectivity index (χ0v) is 20.6. The first-order valence-corrected chi connectivity index (χ1v) is 12.2. The molecule has 2 aliphatic heterocycles. The van der Waals surface area contributed by atoms with Crippen LogP contribution in [0.3, 0.4) is 0 Å². The van der Waals surface area contributed by atoms with Gasteiger partial charge in [-0.2, -0.15) is 5.10 Å². The maximum atomic E-state index is 15.5. The van der Waals surface area contributed by atoms with Crippen LogP contribution in [0.2, 0.25) is 10.0 Å². The smallest absolute Gasteiger partial charge is 0.280 e. The summed E-state index contributed by atoms with van der Waals surface area (Å²) < 4.78 is 17.4. The summed E-state index contributed by atoms with van der Waals surface area (Å²) in [5.74, 6) is -0.938. The molecule has 2 unspecified atom stereocenters. The molecule has 3 aliphatic rings. The summed E-state index contributed by atoms with van der Waals surface area (Å²) in [6.07, 6.45) is 6.49. The van der Waals surface area contributed by atoms with E-state index in [1.165, 1.54) is 11.0 Å². The highest BCUT2D eigenvalue weighted by atomic mass is 35.5. The van der Waals surface area contributed by atoms with Gasteiger partial charge in [0.1, 0.15) is 0 Å². The van der Waals surface area contributed by atoms with Crippen LogP contribution in [0, 0.1) is 5.82 Å². The highest BCUT2D eigenvalue weighted by molar-refractivity contribution is 6.32. The van der Waals surface area contributed by atoms with E-state index in [0.717, 1.165) is 22.4 Å². The number of benzene rings is 2. The molecule has 1 amide bonds. The number of aromatic nitrogens is 2. The third kappa shape index (κ3) is 2.90. The van der Waals surface area contributed by atoms with Crippen LogP contribution in [0.25, 0.3) is 11.1 Å². The number of amides is 1. The van der Waals surface area contributed by atoms with Gasteiger partial charge < -0.3 is 0 Å². The molecule has 34 heavy (non-hydrogen) atoms. The van der Waals surface area contributed by atoms with Crippen molar-refractivity contribution in [2.45, 2.75) is 38.3 Å². The predicted molar refractivity (Wildman–Crippen MR) is 134 cm³/mol. The quantitative estimate of drug-likeness (QED) is 0.350. The van der Waals surface area contributed by atoms with Crippen LogP contribution < -0.4 is 4.90 Å². The number of anilines is 1. The Morgan fingerprint density at radius 1 is 1.12 bits per heavy atom. The SMILES string of the molecule is CC(C)c1c2c(nn1C1CC=CC=C1Cl)C(=O)N1c3c(ccc(Cl)c3F)-c3cc(Cl)ccc3C21. The lowest BCUT2D eigenvalue weighted by atomic mass is 9.85. The van der Waals surface area contributed by atoms with Crippen LogP contribution in [-0.4, -0.2) is 15.7 Å². The Hall–Kier alpha value is -2.60. The molecule has 0 saturated carbocycles. The lowest BCUT2D eigenvalue weighted by Gasteiger charge is -2.36. The fourth-order valence-electron chi connectivity index (χ4n) is 5.39. The van der Waals surface area contributed by atoms with Gasteiger partial charge in [-0.25, -0.2) is 4.39 Å². The van der Waals surface area contributed by atoms with Crippen LogP contribution in [0.5, 0.6) is 0 Å². The van der Waals surface area contributed by atoms with Crippen molar-refractivity contribution in [2.75, 3.05) is 4.90 Å². The molecule has 2 atom stereocenters. The van der Waals surface area contributed by atoms with Gasteiger partial charge >= 0.3 is 0 Å². The molecule has 0 fully saturated rings. The summed E-state index contributed by atoms with van der Waals surface area (Å²) in [7, 11) is 0. The van der Waals surface area contributed by atoms with Crippen molar-refractivity contribution in [1.82, 2.24) is 9.78 Å². The Labute approximate surface area is 211 Å². The van der Waals surface area contributed by atoms with Crippen molar-refractivity contribution in [2.24, 2.45) is 0 Å². The van der Waals surface area contributed by atoms with E-state index in [9.17, 15) is 4.79 Å². The van der Waals surface area contributed by atoms with E-state index in [1.54, 1.807) is 12.1 Å². The predicted octanol–water partition coefficient (Wildman–Crippen LogP) is 7.81. The summed E-state index contributed by atoms with van der Waals surface area (Å²) in [5.41, 5.74) is 4.41. The van der Waals surface area contributed by atoms with Crippen LogP contribution >= 0.6 is 34.8 Å². The van der Waals surface area contributed by atoms with E-state index >= 15 is 4.39 Å². The van der Waals surface area contributed by atoms with Gasteiger partial charge in [0.25, 0.3) is 5.91 Å². The maximum Gasteiger partial charge on any atom is 0.280 e. The average molecular weight is 515 g/mol. The number of fused-ring (bicyclic) bond motifs is 8. The van der Waals surface area contributed by atoms with E-state index in [4.69, 9.17) is 39.9 Å². The zero-order valence-electron chi connectivity index (χ0n) is 18.3. The van der Waals surface area contributed by atoms with Gasteiger partial charge in [-0.1, -0.05) is 72.9 Å². The lowest BCUT2D eigenvalue weighted by Crippen LogP contribution is -2.34. The summed E-state index contributed by atoms with van der Waals surface area (Å²) in [6.45, 7) is 4.13. The fraction of sp³-hybridized carbons (Fsp3) is 0.231. The number of nitrogens with zero attached hydrogens (tertiary/aromatic N) is 3. The molecule has 8 heteroatoms.